The quantitative estimate of drug-likeness (QED) is 0.541. The minimum atomic E-state index is -4.31. The molecule has 0 heterocycles. The van der Waals surface area contributed by atoms with Gasteiger partial charge in [-0.15, -0.1) is 0 Å². The van der Waals surface area contributed by atoms with Gasteiger partial charge in [0.05, 0.1) is 0 Å². The van der Waals surface area contributed by atoms with Gasteiger partial charge in [0.2, 0.25) is 0 Å². The fraction of sp³-hybridized carbons (Fsp3) is 0.786. The maximum atomic E-state index is 13.2. The molecule has 8 fully saturated rings. The van der Waals surface area contributed by atoms with Crippen molar-refractivity contribution < 1.29 is 13.0 Å². The summed E-state index contributed by atoms with van der Waals surface area (Å²) < 4.78 is 37.1. The Morgan fingerprint density at radius 2 is 0.969 bits per heavy atom. The van der Waals surface area contributed by atoms with Gasteiger partial charge in [-0.25, -0.2) is 0 Å². The number of hydrogen-bond donors (Lipinski definition) is 1. The van der Waals surface area contributed by atoms with Crippen LogP contribution in [0.25, 0.3) is 0 Å². The lowest BCUT2D eigenvalue weighted by atomic mass is 9.43. The molecule has 0 saturated heterocycles. The smallest absolute Gasteiger partial charge is 0.282 e. The van der Waals surface area contributed by atoms with Crippen molar-refractivity contribution >= 4 is 10.1 Å². The molecule has 1 aromatic carbocycles. The Bertz CT molecular complexity index is 948. The average molecular weight is 455 g/mol. The first kappa shape index (κ1) is 20.5. The van der Waals surface area contributed by atoms with Gasteiger partial charge in [0.25, 0.3) is 10.1 Å². The standard InChI is InChI=1S/C28H38O3S/c1-27(20-8-16-6-17(10-20)11-21(27)9-16)24-4-3-5-25(26(24)32(29,30)31)28(2)22-12-18-7-19(14-22)15-23(28)13-18/h3-5,16-23H,6-15H2,1-2H3,(H,29,30,31). The second-order valence-electron chi connectivity index (χ2n) is 13.3. The van der Waals surface area contributed by atoms with E-state index in [-0.39, 0.29) is 10.8 Å². The zero-order valence-corrected chi connectivity index (χ0v) is 20.4. The van der Waals surface area contributed by atoms with E-state index in [0.29, 0.717) is 28.6 Å². The van der Waals surface area contributed by atoms with Gasteiger partial charge in [-0.1, -0.05) is 32.0 Å². The number of rotatable bonds is 3. The summed E-state index contributed by atoms with van der Waals surface area (Å²) in [5.41, 5.74) is 1.66. The zero-order chi connectivity index (χ0) is 22.0. The highest BCUT2D eigenvalue weighted by molar-refractivity contribution is 7.86. The van der Waals surface area contributed by atoms with Crippen LogP contribution < -0.4 is 0 Å². The van der Waals surface area contributed by atoms with Gasteiger partial charge in [-0.2, -0.15) is 8.42 Å². The Hall–Kier alpha value is -0.870. The van der Waals surface area contributed by atoms with Gasteiger partial charge < -0.3 is 0 Å². The monoisotopic (exact) mass is 454 g/mol. The third-order valence-corrected chi connectivity index (χ3v) is 13.1. The van der Waals surface area contributed by atoms with E-state index in [0.717, 1.165) is 34.8 Å². The maximum Gasteiger partial charge on any atom is 0.295 e. The third-order valence-electron chi connectivity index (χ3n) is 12.1. The lowest BCUT2D eigenvalue weighted by molar-refractivity contribution is -0.0578. The molecule has 0 atom stereocenters. The van der Waals surface area contributed by atoms with Crippen molar-refractivity contribution in [2.24, 2.45) is 47.3 Å². The van der Waals surface area contributed by atoms with Crippen molar-refractivity contribution in [2.45, 2.75) is 93.8 Å². The van der Waals surface area contributed by atoms with Crippen LogP contribution in [0.3, 0.4) is 0 Å². The van der Waals surface area contributed by atoms with Gasteiger partial charge in [0.15, 0.2) is 0 Å². The molecule has 8 bridgehead atoms. The van der Waals surface area contributed by atoms with Gasteiger partial charge in [0, 0.05) is 0 Å². The van der Waals surface area contributed by atoms with Crippen LogP contribution in [0, 0.1) is 47.3 Å². The summed E-state index contributed by atoms with van der Waals surface area (Å²) >= 11 is 0. The van der Waals surface area contributed by atoms with E-state index < -0.39 is 10.1 Å². The van der Waals surface area contributed by atoms with E-state index in [4.69, 9.17) is 0 Å². The largest absolute Gasteiger partial charge is 0.295 e. The van der Waals surface area contributed by atoms with Gasteiger partial charge in [-0.05, 0) is 134 Å². The fourth-order valence-electron chi connectivity index (χ4n) is 10.9. The van der Waals surface area contributed by atoms with Crippen molar-refractivity contribution in [3.63, 3.8) is 0 Å². The summed E-state index contributed by atoms with van der Waals surface area (Å²) in [6, 6.07) is 6.29. The normalized spacial score (nSPS) is 50.8. The Balaban J connectivity index is 1.42. The van der Waals surface area contributed by atoms with E-state index >= 15 is 0 Å². The Kier molecular flexibility index (Phi) is 4.11. The number of hydrogen-bond acceptors (Lipinski definition) is 2. The minimum Gasteiger partial charge on any atom is -0.282 e. The molecule has 9 rings (SSSR count). The second kappa shape index (κ2) is 6.42. The second-order valence-corrected chi connectivity index (χ2v) is 14.7. The Morgan fingerprint density at radius 1 is 0.656 bits per heavy atom. The highest BCUT2D eigenvalue weighted by Gasteiger charge is 2.59. The Labute approximate surface area is 193 Å². The topological polar surface area (TPSA) is 54.4 Å². The summed E-state index contributed by atoms with van der Waals surface area (Å²) in [7, 11) is -4.31. The molecule has 1 aromatic rings. The SMILES string of the molecule is CC1(c2cccc(C3(C)C4CC5CC(C4)CC3C5)c2S(=O)(=O)O)C2CC3CC(C2)CC1C3. The summed E-state index contributed by atoms with van der Waals surface area (Å²) in [6.45, 7) is 4.71. The molecule has 0 spiro atoms. The van der Waals surface area contributed by atoms with Crippen molar-refractivity contribution in [3.05, 3.63) is 29.3 Å². The van der Waals surface area contributed by atoms with Gasteiger partial charge in [0.1, 0.15) is 4.90 Å². The van der Waals surface area contributed by atoms with E-state index in [1.165, 1.54) is 64.2 Å². The fourth-order valence-corrected chi connectivity index (χ4v) is 12.0. The summed E-state index contributed by atoms with van der Waals surface area (Å²) in [5, 5.41) is 0. The number of benzene rings is 1. The molecule has 8 aliphatic rings. The molecule has 1 N–H and O–H groups in total. The Morgan fingerprint density at radius 3 is 1.25 bits per heavy atom. The third kappa shape index (κ3) is 2.55. The van der Waals surface area contributed by atoms with Gasteiger partial charge in [-0.3, -0.25) is 4.55 Å². The van der Waals surface area contributed by atoms with Crippen LogP contribution >= 0.6 is 0 Å². The molecule has 4 heteroatoms. The molecule has 174 valence electrons. The van der Waals surface area contributed by atoms with Crippen molar-refractivity contribution in [1.82, 2.24) is 0 Å². The minimum absolute atomic E-state index is 0.128. The van der Waals surface area contributed by atoms with Crippen LogP contribution in [0.2, 0.25) is 0 Å². The van der Waals surface area contributed by atoms with Crippen LogP contribution in [0.1, 0.15) is 89.2 Å². The van der Waals surface area contributed by atoms with Gasteiger partial charge >= 0.3 is 0 Å². The molecule has 0 radical (unpaired) electrons. The van der Waals surface area contributed by atoms with Crippen LogP contribution in [-0.2, 0) is 20.9 Å². The van der Waals surface area contributed by atoms with Crippen LogP contribution in [0.4, 0.5) is 0 Å². The predicted molar refractivity (Wildman–Crippen MR) is 125 cm³/mol. The molecule has 0 unspecified atom stereocenters. The first-order valence-electron chi connectivity index (χ1n) is 13.3. The molecule has 8 saturated carbocycles. The highest BCUT2D eigenvalue weighted by Crippen LogP contribution is 2.66. The average Bonchev–Trinajstić information content (AvgIpc) is 2.73. The summed E-state index contributed by atoms with van der Waals surface area (Å²) in [4.78, 5) is 0.324. The lowest BCUT2D eigenvalue weighted by Gasteiger charge is -2.62. The maximum absolute atomic E-state index is 13.2. The molecule has 8 aliphatic carbocycles. The molecule has 32 heavy (non-hydrogen) atoms. The predicted octanol–water partition coefficient (Wildman–Crippen LogP) is 6.36. The zero-order valence-electron chi connectivity index (χ0n) is 19.6. The van der Waals surface area contributed by atoms with Crippen molar-refractivity contribution in [1.29, 1.82) is 0 Å². The van der Waals surface area contributed by atoms with E-state index in [9.17, 15) is 13.0 Å². The van der Waals surface area contributed by atoms with Crippen molar-refractivity contribution in [3.8, 4) is 0 Å². The van der Waals surface area contributed by atoms with E-state index in [1.54, 1.807) is 0 Å². The molecule has 0 aromatic heterocycles. The summed E-state index contributed by atoms with van der Waals surface area (Å²) in [5.74, 6) is 5.58. The lowest BCUT2D eigenvalue weighted by Crippen LogP contribution is -2.56. The molecular weight excluding hydrogens is 416 g/mol. The van der Waals surface area contributed by atoms with Crippen molar-refractivity contribution in [2.75, 3.05) is 0 Å². The van der Waals surface area contributed by atoms with Crippen LogP contribution in [0.5, 0.6) is 0 Å². The highest BCUT2D eigenvalue weighted by atomic mass is 32.2. The van der Waals surface area contributed by atoms with E-state index in [1.807, 2.05) is 0 Å². The first-order chi connectivity index (χ1) is 15.2. The molecule has 3 nitrogen and oxygen atoms in total. The molecule has 0 aliphatic heterocycles. The summed E-state index contributed by atoms with van der Waals surface area (Å²) in [6.07, 6.45) is 12.7. The molecule has 0 amide bonds. The first-order valence-corrected chi connectivity index (χ1v) is 14.7. The van der Waals surface area contributed by atoms with Crippen LogP contribution in [0.15, 0.2) is 23.1 Å². The van der Waals surface area contributed by atoms with E-state index in [2.05, 4.69) is 32.0 Å². The molecular formula is C28H38O3S. The van der Waals surface area contributed by atoms with Crippen LogP contribution in [-0.4, -0.2) is 13.0 Å².